The molecule has 1 heterocycles. The maximum absolute atomic E-state index is 12.2. The minimum absolute atomic E-state index is 0.0669. The van der Waals surface area contributed by atoms with Gasteiger partial charge in [0.25, 0.3) is 0 Å². The third kappa shape index (κ3) is 2.87. The summed E-state index contributed by atoms with van der Waals surface area (Å²) in [5, 5.41) is 9.02. The zero-order valence-corrected chi connectivity index (χ0v) is 11.5. The van der Waals surface area contributed by atoms with Gasteiger partial charge < -0.3 is 9.80 Å². The quantitative estimate of drug-likeness (QED) is 0.812. The second-order valence-electron chi connectivity index (χ2n) is 5.35. The highest BCUT2D eigenvalue weighted by Crippen LogP contribution is 2.21. The Hall–Kier alpha value is -2.02. The van der Waals surface area contributed by atoms with Crippen molar-refractivity contribution >= 4 is 11.6 Å². The first-order valence-corrected chi connectivity index (χ1v) is 6.55. The smallest absolute Gasteiger partial charge is 0.242 e. The van der Waals surface area contributed by atoms with Crippen LogP contribution in [-0.2, 0) is 4.79 Å². The highest BCUT2D eigenvalue weighted by atomic mass is 16.2. The second-order valence-corrected chi connectivity index (χ2v) is 5.35. The lowest BCUT2D eigenvalue weighted by Gasteiger charge is -2.38. The Morgan fingerprint density at radius 1 is 1.16 bits per heavy atom. The first-order valence-electron chi connectivity index (χ1n) is 6.55. The molecule has 0 aromatic heterocycles. The average Bonchev–Trinajstić information content (AvgIpc) is 2.47. The van der Waals surface area contributed by atoms with Crippen LogP contribution in [0.3, 0.4) is 0 Å². The number of para-hydroxylation sites is 1. The fourth-order valence-corrected chi connectivity index (χ4v) is 2.25. The first kappa shape index (κ1) is 13.4. The molecule has 1 aromatic rings. The van der Waals surface area contributed by atoms with Gasteiger partial charge in [0.15, 0.2) is 0 Å². The summed E-state index contributed by atoms with van der Waals surface area (Å²) < 4.78 is 0. The Morgan fingerprint density at radius 3 is 2.26 bits per heavy atom. The molecule has 2 rings (SSSR count). The van der Waals surface area contributed by atoms with Crippen LogP contribution in [0.4, 0.5) is 5.69 Å². The van der Waals surface area contributed by atoms with E-state index in [1.54, 1.807) is 18.7 Å². The largest absolute Gasteiger partial charge is 0.368 e. The number of hydrogen-bond acceptors (Lipinski definition) is 3. The summed E-state index contributed by atoms with van der Waals surface area (Å²) in [6, 6.07) is 12.3. The van der Waals surface area contributed by atoms with Crippen LogP contribution in [0.1, 0.15) is 13.8 Å². The van der Waals surface area contributed by atoms with Crippen LogP contribution < -0.4 is 4.90 Å². The van der Waals surface area contributed by atoms with E-state index in [4.69, 9.17) is 5.26 Å². The summed E-state index contributed by atoms with van der Waals surface area (Å²) in [4.78, 5) is 16.2. The lowest BCUT2D eigenvalue weighted by Crippen LogP contribution is -2.52. The number of benzene rings is 1. The van der Waals surface area contributed by atoms with Crippen molar-refractivity contribution in [1.82, 2.24) is 4.90 Å². The molecule has 4 heteroatoms. The van der Waals surface area contributed by atoms with Gasteiger partial charge in [0.2, 0.25) is 5.91 Å². The molecule has 0 atom stereocenters. The minimum atomic E-state index is -0.922. The average molecular weight is 257 g/mol. The molecule has 0 bridgehead atoms. The van der Waals surface area contributed by atoms with Crippen LogP contribution in [0.25, 0.3) is 0 Å². The van der Waals surface area contributed by atoms with Crippen LogP contribution in [0.2, 0.25) is 0 Å². The number of anilines is 1. The van der Waals surface area contributed by atoms with Crippen molar-refractivity contribution in [3.8, 4) is 6.07 Å². The van der Waals surface area contributed by atoms with E-state index in [-0.39, 0.29) is 5.91 Å². The summed E-state index contributed by atoms with van der Waals surface area (Å²) in [6.45, 7) is 6.35. The Bertz CT molecular complexity index is 482. The van der Waals surface area contributed by atoms with Gasteiger partial charge in [-0.2, -0.15) is 5.26 Å². The number of amides is 1. The molecule has 19 heavy (non-hydrogen) atoms. The summed E-state index contributed by atoms with van der Waals surface area (Å²) in [6.07, 6.45) is 0. The molecule has 1 aromatic carbocycles. The number of piperazine rings is 1. The third-order valence-corrected chi connectivity index (χ3v) is 3.50. The van der Waals surface area contributed by atoms with Crippen LogP contribution in [0.5, 0.6) is 0 Å². The second kappa shape index (κ2) is 5.31. The molecule has 0 aliphatic carbocycles. The molecule has 1 amide bonds. The van der Waals surface area contributed by atoms with Gasteiger partial charge in [-0.05, 0) is 26.0 Å². The van der Waals surface area contributed by atoms with Crippen molar-refractivity contribution in [2.24, 2.45) is 5.41 Å². The van der Waals surface area contributed by atoms with Gasteiger partial charge in [-0.1, -0.05) is 18.2 Å². The van der Waals surface area contributed by atoms with E-state index in [2.05, 4.69) is 23.1 Å². The summed E-state index contributed by atoms with van der Waals surface area (Å²) in [5.74, 6) is -0.0669. The van der Waals surface area contributed by atoms with Crippen molar-refractivity contribution in [1.29, 1.82) is 5.26 Å². The summed E-state index contributed by atoms with van der Waals surface area (Å²) >= 11 is 0. The van der Waals surface area contributed by atoms with E-state index in [0.29, 0.717) is 13.1 Å². The summed E-state index contributed by atoms with van der Waals surface area (Å²) in [5.41, 5.74) is 0.267. The molecule has 0 unspecified atom stereocenters. The molecule has 1 aliphatic heterocycles. The molecular weight excluding hydrogens is 238 g/mol. The molecule has 0 N–H and O–H groups in total. The Labute approximate surface area is 114 Å². The zero-order valence-electron chi connectivity index (χ0n) is 11.5. The number of carbonyl (C=O) groups is 1. The van der Waals surface area contributed by atoms with Crippen LogP contribution >= 0.6 is 0 Å². The predicted molar refractivity (Wildman–Crippen MR) is 74.6 cm³/mol. The van der Waals surface area contributed by atoms with E-state index in [1.807, 2.05) is 18.2 Å². The maximum Gasteiger partial charge on any atom is 0.242 e. The molecule has 0 radical (unpaired) electrons. The van der Waals surface area contributed by atoms with Crippen molar-refractivity contribution in [3.63, 3.8) is 0 Å². The van der Waals surface area contributed by atoms with Crippen LogP contribution in [-0.4, -0.2) is 37.0 Å². The number of nitriles is 1. The lowest BCUT2D eigenvalue weighted by molar-refractivity contribution is -0.137. The number of rotatable bonds is 2. The Kier molecular flexibility index (Phi) is 3.75. The van der Waals surface area contributed by atoms with Gasteiger partial charge in [0.1, 0.15) is 5.41 Å². The highest BCUT2D eigenvalue weighted by Gasteiger charge is 2.33. The molecule has 0 saturated carbocycles. The normalized spacial score (nSPS) is 16.1. The summed E-state index contributed by atoms with van der Waals surface area (Å²) in [7, 11) is 0. The molecule has 1 fully saturated rings. The van der Waals surface area contributed by atoms with Gasteiger partial charge in [-0.15, -0.1) is 0 Å². The lowest BCUT2D eigenvalue weighted by atomic mass is 9.93. The fourth-order valence-electron chi connectivity index (χ4n) is 2.25. The monoisotopic (exact) mass is 257 g/mol. The Morgan fingerprint density at radius 2 is 1.74 bits per heavy atom. The van der Waals surface area contributed by atoms with Gasteiger partial charge in [-0.3, -0.25) is 4.79 Å². The van der Waals surface area contributed by atoms with Crippen molar-refractivity contribution in [2.45, 2.75) is 13.8 Å². The Balaban J connectivity index is 1.97. The topological polar surface area (TPSA) is 47.3 Å². The van der Waals surface area contributed by atoms with Crippen molar-refractivity contribution in [2.75, 3.05) is 31.1 Å². The standard InChI is InChI=1S/C15H19N3O/c1-15(2,12-16)14(19)18-10-8-17(9-11-18)13-6-4-3-5-7-13/h3-7H,8-11H2,1-2H3. The van der Waals surface area contributed by atoms with Crippen molar-refractivity contribution < 1.29 is 4.79 Å². The van der Waals surface area contributed by atoms with Gasteiger partial charge in [-0.25, -0.2) is 0 Å². The molecule has 0 spiro atoms. The van der Waals surface area contributed by atoms with E-state index in [9.17, 15) is 4.79 Å². The number of nitrogens with zero attached hydrogens (tertiary/aromatic N) is 3. The highest BCUT2D eigenvalue weighted by molar-refractivity contribution is 5.84. The minimum Gasteiger partial charge on any atom is -0.368 e. The third-order valence-electron chi connectivity index (χ3n) is 3.50. The number of hydrogen-bond donors (Lipinski definition) is 0. The van der Waals surface area contributed by atoms with E-state index < -0.39 is 5.41 Å². The number of carbonyl (C=O) groups excluding carboxylic acids is 1. The maximum atomic E-state index is 12.2. The van der Waals surface area contributed by atoms with Crippen LogP contribution in [0, 0.1) is 16.7 Å². The van der Waals surface area contributed by atoms with Gasteiger partial charge >= 0.3 is 0 Å². The molecule has 4 nitrogen and oxygen atoms in total. The van der Waals surface area contributed by atoms with Gasteiger partial charge in [0.05, 0.1) is 6.07 Å². The predicted octanol–water partition coefficient (Wildman–Crippen LogP) is 1.88. The molecule has 1 aliphatic rings. The zero-order chi connectivity index (χ0) is 13.9. The van der Waals surface area contributed by atoms with E-state index in [1.165, 1.54) is 5.69 Å². The fraction of sp³-hybridized carbons (Fsp3) is 0.467. The van der Waals surface area contributed by atoms with Crippen molar-refractivity contribution in [3.05, 3.63) is 30.3 Å². The van der Waals surface area contributed by atoms with Gasteiger partial charge in [0, 0.05) is 31.9 Å². The molecule has 1 saturated heterocycles. The van der Waals surface area contributed by atoms with E-state index >= 15 is 0 Å². The van der Waals surface area contributed by atoms with Crippen LogP contribution in [0.15, 0.2) is 30.3 Å². The molecule has 100 valence electrons. The van der Waals surface area contributed by atoms with E-state index in [0.717, 1.165) is 13.1 Å². The SMILES string of the molecule is CC(C)(C#N)C(=O)N1CCN(c2ccccc2)CC1. The first-order chi connectivity index (χ1) is 9.04. The molecular formula is C15H19N3O.